The molecule has 0 aromatic rings. The molecular formula is C11H20O3. The van der Waals surface area contributed by atoms with Crippen molar-refractivity contribution in [3.8, 4) is 0 Å². The summed E-state index contributed by atoms with van der Waals surface area (Å²) >= 11 is 0. The highest BCUT2D eigenvalue weighted by Gasteiger charge is 2.15. The lowest BCUT2D eigenvalue weighted by Crippen LogP contribution is -2.27. The van der Waals surface area contributed by atoms with E-state index < -0.39 is 0 Å². The summed E-state index contributed by atoms with van der Waals surface area (Å²) in [6.45, 7) is 7.74. The topological polar surface area (TPSA) is 35.5 Å². The van der Waals surface area contributed by atoms with Crippen molar-refractivity contribution in [2.45, 2.75) is 46.3 Å². The van der Waals surface area contributed by atoms with Gasteiger partial charge >= 0.3 is 5.97 Å². The van der Waals surface area contributed by atoms with Crippen LogP contribution in [0.25, 0.3) is 0 Å². The molecular weight excluding hydrogens is 180 g/mol. The molecule has 0 spiro atoms. The summed E-state index contributed by atoms with van der Waals surface area (Å²) in [6.07, 6.45) is 5.07. The molecule has 2 unspecified atom stereocenters. The first-order valence-corrected chi connectivity index (χ1v) is 5.14. The molecule has 0 aromatic carbocycles. The average molecular weight is 200 g/mol. The molecule has 0 fully saturated rings. The van der Waals surface area contributed by atoms with Gasteiger partial charge in [-0.3, -0.25) is 4.79 Å². The van der Waals surface area contributed by atoms with E-state index in [1.165, 1.54) is 6.92 Å². The second kappa shape index (κ2) is 7.56. The highest BCUT2D eigenvalue weighted by atomic mass is 16.6. The van der Waals surface area contributed by atoms with Crippen LogP contribution < -0.4 is 0 Å². The van der Waals surface area contributed by atoms with E-state index in [9.17, 15) is 4.79 Å². The van der Waals surface area contributed by atoms with Gasteiger partial charge in [-0.1, -0.05) is 26.0 Å². The number of carbonyl (C=O) groups excluding carboxylic acids is 1. The van der Waals surface area contributed by atoms with Gasteiger partial charge in [0.2, 0.25) is 0 Å². The largest absolute Gasteiger partial charge is 0.463 e. The van der Waals surface area contributed by atoms with E-state index in [4.69, 9.17) is 9.47 Å². The predicted molar refractivity (Wildman–Crippen MR) is 56.1 cm³/mol. The van der Waals surface area contributed by atoms with Crippen LogP contribution in [-0.2, 0) is 14.3 Å². The molecule has 0 amide bonds. The molecule has 3 heteroatoms. The highest BCUT2D eigenvalue weighted by Crippen LogP contribution is 2.11. The van der Waals surface area contributed by atoms with Crippen LogP contribution in [0, 0.1) is 0 Å². The number of hydrogen-bond acceptors (Lipinski definition) is 3. The van der Waals surface area contributed by atoms with Gasteiger partial charge < -0.3 is 9.47 Å². The van der Waals surface area contributed by atoms with E-state index in [0.717, 1.165) is 6.42 Å². The Morgan fingerprint density at radius 3 is 2.71 bits per heavy atom. The second-order valence-electron chi connectivity index (χ2n) is 2.93. The van der Waals surface area contributed by atoms with Crippen LogP contribution in [0.3, 0.4) is 0 Å². The van der Waals surface area contributed by atoms with Gasteiger partial charge in [0.05, 0.1) is 12.2 Å². The van der Waals surface area contributed by atoms with Crippen molar-refractivity contribution in [1.29, 1.82) is 0 Å². The maximum absolute atomic E-state index is 10.5. The maximum atomic E-state index is 10.5. The third kappa shape index (κ3) is 5.75. The van der Waals surface area contributed by atoms with E-state index in [2.05, 4.69) is 6.08 Å². The van der Waals surface area contributed by atoms with Gasteiger partial charge in [-0.05, 0) is 13.3 Å². The number of ether oxygens (including phenoxy) is 2. The summed E-state index contributed by atoms with van der Waals surface area (Å²) < 4.78 is 10.3. The summed E-state index contributed by atoms with van der Waals surface area (Å²) in [5.74, 6) is -0.249. The third-order valence-corrected chi connectivity index (χ3v) is 1.69. The van der Waals surface area contributed by atoms with Crippen molar-refractivity contribution in [3.05, 3.63) is 12.2 Å². The molecule has 1 rings (SSSR count). The van der Waals surface area contributed by atoms with Crippen LogP contribution >= 0.6 is 0 Å². The fraction of sp³-hybridized carbons (Fsp3) is 0.727. The van der Waals surface area contributed by atoms with Crippen molar-refractivity contribution in [1.82, 2.24) is 0 Å². The van der Waals surface area contributed by atoms with Gasteiger partial charge in [-0.2, -0.15) is 0 Å². The van der Waals surface area contributed by atoms with Crippen LogP contribution in [0.15, 0.2) is 12.2 Å². The van der Waals surface area contributed by atoms with E-state index in [0.29, 0.717) is 6.61 Å². The standard InChI is InChI=1S/C9H14O3.C2H6/c1-7-4-3-5-9(12-7)6-11-8(2)10;1-2/h3-4,7,9H,5-6H2,1-2H3;1-2H3. The molecule has 14 heavy (non-hydrogen) atoms. The Bertz CT molecular complexity index is 187. The number of hydrogen-bond donors (Lipinski definition) is 0. The Morgan fingerprint density at radius 2 is 2.21 bits per heavy atom. The zero-order chi connectivity index (χ0) is 11.0. The quantitative estimate of drug-likeness (QED) is 0.507. The molecule has 0 aliphatic carbocycles. The van der Waals surface area contributed by atoms with Gasteiger partial charge in [0.25, 0.3) is 0 Å². The van der Waals surface area contributed by atoms with Crippen molar-refractivity contribution >= 4 is 5.97 Å². The van der Waals surface area contributed by atoms with Crippen LogP contribution in [0.1, 0.15) is 34.1 Å². The number of esters is 1. The van der Waals surface area contributed by atoms with Crippen LogP contribution in [-0.4, -0.2) is 24.8 Å². The maximum Gasteiger partial charge on any atom is 0.302 e. The predicted octanol–water partition coefficient (Wildman–Crippen LogP) is 2.31. The molecule has 0 saturated heterocycles. The van der Waals surface area contributed by atoms with Crippen molar-refractivity contribution in [2.75, 3.05) is 6.61 Å². The zero-order valence-electron chi connectivity index (χ0n) is 9.45. The fourth-order valence-electron chi connectivity index (χ4n) is 1.14. The molecule has 3 nitrogen and oxygen atoms in total. The van der Waals surface area contributed by atoms with Gasteiger partial charge in [0.1, 0.15) is 6.61 Å². The van der Waals surface area contributed by atoms with E-state index in [1.807, 2.05) is 26.8 Å². The molecule has 0 saturated carbocycles. The van der Waals surface area contributed by atoms with E-state index >= 15 is 0 Å². The zero-order valence-corrected chi connectivity index (χ0v) is 9.45. The fourth-order valence-corrected chi connectivity index (χ4v) is 1.14. The minimum absolute atomic E-state index is 0.0360. The van der Waals surface area contributed by atoms with Crippen molar-refractivity contribution in [2.24, 2.45) is 0 Å². The SMILES string of the molecule is CC.CC(=O)OCC1CC=CC(C)O1. The lowest BCUT2D eigenvalue weighted by Gasteiger charge is -2.22. The van der Waals surface area contributed by atoms with Gasteiger partial charge in [0.15, 0.2) is 0 Å². The van der Waals surface area contributed by atoms with Crippen LogP contribution in [0.5, 0.6) is 0 Å². The first-order chi connectivity index (χ1) is 6.68. The molecule has 0 aromatic heterocycles. The Morgan fingerprint density at radius 1 is 1.57 bits per heavy atom. The van der Waals surface area contributed by atoms with E-state index in [-0.39, 0.29) is 18.2 Å². The highest BCUT2D eigenvalue weighted by molar-refractivity contribution is 5.65. The molecule has 82 valence electrons. The molecule has 0 radical (unpaired) electrons. The summed E-state index contributed by atoms with van der Waals surface area (Å²) in [5.41, 5.74) is 0. The monoisotopic (exact) mass is 200 g/mol. The molecule has 1 aliphatic rings. The van der Waals surface area contributed by atoms with Gasteiger partial charge in [-0.15, -0.1) is 0 Å². The minimum Gasteiger partial charge on any atom is -0.463 e. The van der Waals surface area contributed by atoms with Gasteiger partial charge in [-0.25, -0.2) is 0 Å². The van der Waals surface area contributed by atoms with Crippen molar-refractivity contribution in [3.63, 3.8) is 0 Å². The Kier molecular flexibility index (Phi) is 7.11. The van der Waals surface area contributed by atoms with Gasteiger partial charge in [0, 0.05) is 6.92 Å². The molecule has 2 atom stereocenters. The summed E-state index contributed by atoms with van der Waals surface area (Å²) in [7, 11) is 0. The molecule has 0 N–H and O–H groups in total. The van der Waals surface area contributed by atoms with Crippen LogP contribution in [0.2, 0.25) is 0 Å². The summed E-state index contributed by atoms with van der Waals surface area (Å²) in [5, 5.41) is 0. The Hall–Kier alpha value is -0.830. The number of rotatable bonds is 2. The molecule has 1 aliphatic heterocycles. The number of carbonyl (C=O) groups is 1. The van der Waals surface area contributed by atoms with Crippen LogP contribution in [0.4, 0.5) is 0 Å². The Balaban J connectivity index is 0.000000791. The smallest absolute Gasteiger partial charge is 0.302 e. The normalized spacial score (nSPS) is 24.9. The van der Waals surface area contributed by atoms with Crippen molar-refractivity contribution < 1.29 is 14.3 Å². The first-order valence-electron chi connectivity index (χ1n) is 5.14. The van der Waals surface area contributed by atoms with E-state index in [1.54, 1.807) is 0 Å². The summed E-state index contributed by atoms with van der Waals surface area (Å²) in [4.78, 5) is 10.5. The first kappa shape index (κ1) is 13.2. The average Bonchev–Trinajstić information content (AvgIpc) is 2.18. The molecule has 1 heterocycles. The lowest BCUT2D eigenvalue weighted by molar-refractivity contribution is -0.146. The third-order valence-electron chi connectivity index (χ3n) is 1.69. The Labute approximate surface area is 86.1 Å². The molecule has 0 bridgehead atoms. The second-order valence-corrected chi connectivity index (χ2v) is 2.93. The summed E-state index contributed by atoms with van der Waals surface area (Å²) in [6, 6.07) is 0. The minimum atomic E-state index is -0.249. The lowest BCUT2D eigenvalue weighted by atomic mass is 10.2.